The fourth-order valence-electron chi connectivity index (χ4n) is 1.11. The fraction of sp³-hybridized carbons (Fsp3) is 0.125. The first kappa shape index (κ1) is 10.9. The van der Waals surface area contributed by atoms with Gasteiger partial charge in [-0.15, -0.1) is 0 Å². The van der Waals surface area contributed by atoms with Crippen molar-refractivity contribution in [3.63, 3.8) is 0 Å². The lowest BCUT2D eigenvalue weighted by atomic mass is 10.1. The van der Waals surface area contributed by atoms with Crippen molar-refractivity contribution >= 4 is 11.6 Å². The summed E-state index contributed by atoms with van der Waals surface area (Å²) in [6, 6.07) is 1.44. The van der Waals surface area contributed by atoms with Gasteiger partial charge in [-0.1, -0.05) is 0 Å². The van der Waals surface area contributed by atoms with Gasteiger partial charge in [-0.05, 0) is 6.07 Å². The Morgan fingerprint density at radius 3 is 2.60 bits per heavy atom. The number of rotatable bonds is 3. The highest BCUT2D eigenvalue weighted by molar-refractivity contribution is 5.97. The molecular formula is C8H7FN2O4. The van der Waals surface area contributed by atoms with E-state index < -0.39 is 22.3 Å². The molecule has 0 spiro atoms. The standard InChI is InChI=1S/C8H7FN2O4/c1-15-7-5(8(10)12)2-4(9)3-6(7)11(13)14/h2-3H,1H3,(H2,10,12). The minimum absolute atomic E-state index is 0.339. The van der Waals surface area contributed by atoms with E-state index in [0.717, 1.165) is 13.2 Å². The van der Waals surface area contributed by atoms with Crippen molar-refractivity contribution in [1.82, 2.24) is 0 Å². The Labute approximate surface area is 83.6 Å². The maximum absolute atomic E-state index is 12.9. The zero-order valence-corrected chi connectivity index (χ0v) is 7.69. The Bertz CT molecular complexity index is 398. The van der Waals surface area contributed by atoms with E-state index in [0.29, 0.717) is 6.07 Å². The van der Waals surface area contributed by atoms with Crippen molar-refractivity contribution in [2.45, 2.75) is 0 Å². The molecule has 0 unspecified atom stereocenters. The van der Waals surface area contributed by atoms with Crippen LogP contribution < -0.4 is 10.5 Å². The van der Waals surface area contributed by atoms with Gasteiger partial charge in [-0.25, -0.2) is 4.39 Å². The van der Waals surface area contributed by atoms with Crippen LogP contribution in [-0.2, 0) is 0 Å². The molecule has 1 amide bonds. The summed E-state index contributed by atoms with van der Waals surface area (Å²) in [7, 11) is 1.13. The van der Waals surface area contributed by atoms with Gasteiger partial charge in [0.2, 0.25) is 5.75 Å². The Balaban J connectivity index is 3.52. The second-order valence-corrected chi connectivity index (χ2v) is 2.63. The zero-order chi connectivity index (χ0) is 11.6. The maximum atomic E-state index is 12.9. The van der Waals surface area contributed by atoms with Crippen LogP contribution in [0.5, 0.6) is 5.75 Å². The van der Waals surface area contributed by atoms with Crippen molar-refractivity contribution in [2.24, 2.45) is 5.73 Å². The summed E-state index contributed by atoms with van der Waals surface area (Å²) in [4.78, 5) is 20.5. The number of methoxy groups -OCH3 is 1. The molecule has 0 heterocycles. The predicted molar refractivity (Wildman–Crippen MR) is 48.1 cm³/mol. The van der Waals surface area contributed by atoms with E-state index in [2.05, 4.69) is 4.74 Å². The number of carbonyl (C=O) groups excluding carboxylic acids is 1. The number of nitro groups is 1. The molecule has 1 aromatic rings. The SMILES string of the molecule is COc1c(C(N)=O)cc(F)cc1[N+](=O)[O-]. The topological polar surface area (TPSA) is 95.5 Å². The maximum Gasteiger partial charge on any atom is 0.314 e. The van der Waals surface area contributed by atoms with Gasteiger partial charge < -0.3 is 10.5 Å². The summed E-state index contributed by atoms with van der Waals surface area (Å²) >= 11 is 0. The van der Waals surface area contributed by atoms with Crippen molar-refractivity contribution in [2.75, 3.05) is 7.11 Å². The molecule has 6 nitrogen and oxygen atoms in total. The second-order valence-electron chi connectivity index (χ2n) is 2.63. The minimum Gasteiger partial charge on any atom is -0.490 e. The zero-order valence-electron chi connectivity index (χ0n) is 7.69. The van der Waals surface area contributed by atoms with E-state index in [-0.39, 0.29) is 11.3 Å². The van der Waals surface area contributed by atoms with E-state index in [1.807, 2.05) is 0 Å². The number of halogens is 1. The Morgan fingerprint density at radius 1 is 1.60 bits per heavy atom. The molecule has 2 N–H and O–H groups in total. The largest absolute Gasteiger partial charge is 0.490 e. The number of primary amides is 1. The molecule has 0 aliphatic rings. The summed E-state index contributed by atoms with van der Waals surface area (Å²) in [6.45, 7) is 0. The lowest BCUT2D eigenvalue weighted by Crippen LogP contribution is -2.13. The van der Waals surface area contributed by atoms with Crippen LogP contribution in [0.1, 0.15) is 10.4 Å². The molecule has 0 aromatic heterocycles. The number of benzene rings is 1. The molecule has 0 saturated heterocycles. The van der Waals surface area contributed by atoms with Gasteiger partial charge >= 0.3 is 5.69 Å². The molecule has 80 valence electrons. The summed E-state index contributed by atoms with van der Waals surface area (Å²) in [5.41, 5.74) is 3.93. The van der Waals surface area contributed by atoms with E-state index in [4.69, 9.17) is 5.73 Å². The summed E-state index contributed by atoms with van der Waals surface area (Å²) in [6.07, 6.45) is 0. The second kappa shape index (κ2) is 3.91. The van der Waals surface area contributed by atoms with Crippen LogP contribution in [-0.4, -0.2) is 17.9 Å². The van der Waals surface area contributed by atoms with Gasteiger partial charge in [0.25, 0.3) is 5.91 Å². The normalized spacial score (nSPS) is 9.73. The van der Waals surface area contributed by atoms with Crippen LogP contribution in [0, 0.1) is 15.9 Å². The number of nitrogens with zero attached hydrogens (tertiary/aromatic N) is 1. The van der Waals surface area contributed by atoms with Gasteiger partial charge in [0.15, 0.2) is 0 Å². The number of carbonyl (C=O) groups is 1. The molecule has 7 heteroatoms. The van der Waals surface area contributed by atoms with E-state index >= 15 is 0 Å². The smallest absolute Gasteiger partial charge is 0.314 e. The molecule has 0 saturated carbocycles. The Hall–Kier alpha value is -2.18. The van der Waals surface area contributed by atoms with Crippen molar-refractivity contribution < 1.29 is 18.8 Å². The number of hydrogen-bond donors (Lipinski definition) is 1. The molecule has 0 aliphatic carbocycles. The average molecular weight is 214 g/mol. The van der Waals surface area contributed by atoms with Gasteiger partial charge in [0.1, 0.15) is 5.82 Å². The highest BCUT2D eigenvalue weighted by Crippen LogP contribution is 2.31. The van der Waals surface area contributed by atoms with Crippen molar-refractivity contribution in [3.05, 3.63) is 33.6 Å². The highest BCUT2D eigenvalue weighted by atomic mass is 19.1. The third kappa shape index (κ3) is 2.01. The summed E-state index contributed by atoms with van der Waals surface area (Å²) in [5, 5.41) is 10.5. The molecule has 0 radical (unpaired) electrons. The third-order valence-corrected chi connectivity index (χ3v) is 1.70. The molecule has 0 atom stereocenters. The van der Waals surface area contributed by atoms with Gasteiger partial charge in [0.05, 0.1) is 23.7 Å². The molecule has 1 rings (SSSR count). The first-order valence-corrected chi connectivity index (χ1v) is 3.79. The Kier molecular flexibility index (Phi) is 2.84. The molecule has 0 aliphatic heterocycles. The highest BCUT2D eigenvalue weighted by Gasteiger charge is 2.23. The molecule has 0 bridgehead atoms. The van der Waals surface area contributed by atoms with Gasteiger partial charge in [-0.3, -0.25) is 14.9 Å². The lowest BCUT2D eigenvalue weighted by molar-refractivity contribution is -0.386. The van der Waals surface area contributed by atoms with Crippen LogP contribution in [0.25, 0.3) is 0 Å². The molecule has 15 heavy (non-hydrogen) atoms. The lowest BCUT2D eigenvalue weighted by Gasteiger charge is -2.05. The first-order valence-electron chi connectivity index (χ1n) is 3.79. The van der Waals surface area contributed by atoms with Crippen LogP contribution in [0.15, 0.2) is 12.1 Å². The quantitative estimate of drug-likeness (QED) is 0.595. The Morgan fingerprint density at radius 2 is 2.20 bits per heavy atom. The van der Waals surface area contributed by atoms with E-state index in [9.17, 15) is 19.3 Å². The third-order valence-electron chi connectivity index (χ3n) is 1.70. The minimum atomic E-state index is -0.991. The van der Waals surface area contributed by atoms with Crippen LogP contribution in [0.2, 0.25) is 0 Å². The monoisotopic (exact) mass is 214 g/mol. The van der Waals surface area contributed by atoms with E-state index in [1.165, 1.54) is 0 Å². The number of ether oxygens (including phenoxy) is 1. The predicted octanol–water partition coefficient (Wildman–Crippen LogP) is 0.841. The first-order chi connectivity index (χ1) is 6.97. The van der Waals surface area contributed by atoms with Crippen molar-refractivity contribution in [3.8, 4) is 5.75 Å². The molecular weight excluding hydrogens is 207 g/mol. The van der Waals surface area contributed by atoms with Crippen molar-refractivity contribution in [1.29, 1.82) is 0 Å². The number of nitro benzene ring substituents is 1. The van der Waals surface area contributed by atoms with Crippen LogP contribution in [0.4, 0.5) is 10.1 Å². The molecule has 0 fully saturated rings. The number of hydrogen-bond acceptors (Lipinski definition) is 4. The van der Waals surface area contributed by atoms with Gasteiger partial charge in [-0.2, -0.15) is 0 Å². The van der Waals surface area contributed by atoms with Crippen LogP contribution >= 0.6 is 0 Å². The molecule has 1 aromatic carbocycles. The number of amides is 1. The summed E-state index contributed by atoms with van der Waals surface area (Å²) < 4.78 is 17.5. The average Bonchev–Trinajstić information content (AvgIpc) is 2.16. The number of nitrogens with two attached hydrogens (primary N) is 1. The fourth-order valence-corrected chi connectivity index (χ4v) is 1.11. The summed E-state index contributed by atoms with van der Waals surface area (Å²) in [5.74, 6) is -2.25. The van der Waals surface area contributed by atoms with Gasteiger partial charge in [0, 0.05) is 0 Å². The van der Waals surface area contributed by atoms with E-state index in [1.54, 1.807) is 0 Å². The van der Waals surface area contributed by atoms with Crippen LogP contribution in [0.3, 0.4) is 0 Å².